The van der Waals surface area contributed by atoms with Crippen LogP contribution in [0.2, 0.25) is 5.02 Å². The Bertz CT molecular complexity index is 906. The van der Waals surface area contributed by atoms with Gasteiger partial charge in [0.25, 0.3) is 15.9 Å². The summed E-state index contributed by atoms with van der Waals surface area (Å²) in [6, 6.07) is 11.3. The number of hydrogen-bond acceptors (Lipinski definition) is 3. The van der Waals surface area contributed by atoms with Gasteiger partial charge >= 0.3 is 0 Å². The maximum atomic E-state index is 12.8. The molecule has 0 radical (unpaired) electrons. The zero-order valence-electron chi connectivity index (χ0n) is 13.8. The highest BCUT2D eigenvalue weighted by molar-refractivity contribution is 7.92. The lowest BCUT2D eigenvalue weighted by molar-refractivity contribution is 0.0793. The largest absolute Gasteiger partial charge is 0.339 e. The fourth-order valence-electron chi connectivity index (χ4n) is 2.98. The van der Waals surface area contributed by atoms with Crippen LogP contribution in [0.5, 0.6) is 0 Å². The highest BCUT2D eigenvalue weighted by Crippen LogP contribution is 2.28. The number of halogens is 1. The van der Waals surface area contributed by atoms with E-state index in [9.17, 15) is 13.2 Å². The van der Waals surface area contributed by atoms with Crippen molar-refractivity contribution in [2.24, 2.45) is 0 Å². The van der Waals surface area contributed by atoms with Crippen molar-refractivity contribution in [3.05, 3.63) is 58.6 Å². The molecule has 0 saturated carbocycles. The molecule has 0 aliphatic carbocycles. The van der Waals surface area contributed by atoms with Gasteiger partial charge in [-0.1, -0.05) is 35.9 Å². The lowest BCUT2D eigenvalue weighted by Crippen LogP contribution is -2.29. The molecular weight excluding hydrogens is 360 g/mol. The van der Waals surface area contributed by atoms with Crippen LogP contribution < -0.4 is 4.72 Å². The number of aryl methyl sites for hydroxylation is 1. The summed E-state index contributed by atoms with van der Waals surface area (Å²) in [6.07, 6.45) is 1.94. The van der Waals surface area contributed by atoms with E-state index in [1.54, 1.807) is 42.2 Å². The summed E-state index contributed by atoms with van der Waals surface area (Å²) in [6.45, 7) is 3.20. The minimum atomic E-state index is -3.89. The molecule has 1 fully saturated rings. The van der Waals surface area contributed by atoms with Crippen LogP contribution in [0.4, 0.5) is 5.69 Å². The van der Waals surface area contributed by atoms with Gasteiger partial charge in [-0.05, 0) is 43.5 Å². The van der Waals surface area contributed by atoms with Gasteiger partial charge in [-0.2, -0.15) is 0 Å². The summed E-state index contributed by atoms with van der Waals surface area (Å²) in [4.78, 5) is 14.6. The van der Waals surface area contributed by atoms with Crippen LogP contribution >= 0.6 is 11.6 Å². The average Bonchev–Trinajstić information content (AvgIpc) is 3.09. The first kappa shape index (κ1) is 17.8. The molecule has 1 aliphatic heterocycles. The SMILES string of the molecule is Cc1cccc(NS(=O)(=O)c2ccccc2Cl)c1C(=O)N1CCCC1. The number of amides is 1. The van der Waals surface area contributed by atoms with Crippen molar-refractivity contribution in [2.45, 2.75) is 24.7 Å². The molecule has 2 aromatic rings. The smallest absolute Gasteiger partial charge is 0.263 e. The molecule has 1 amide bonds. The Morgan fingerprint density at radius 3 is 2.44 bits per heavy atom. The van der Waals surface area contributed by atoms with Gasteiger partial charge in [0.1, 0.15) is 4.90 Å². The van der Waals surface area contributed by atoms with E-state index in [0.29, 0.717) is 18.7 Å². The lowest BCUT2D eigenvalue weighted by Gasteiger charge is -2.20. The molecule has 5 nitrogen and oxygen atoms in total. The van der Waals surface area contributed by atoms with E-state index in [0.717, 1.165) is 18.4 Å². The quantitative estimate of drug-likeness (QED) is 0.882. The molecule has 1 saturated heterocycles. The van der Waals surface area contributed by atoms with Crippen molar-refractivity contribution in [1.82, 2.24) is 4.90 Å². The number of sulfonamides is 1. The average molecular weight is 379 g/mol. The number of hydrogen-bond donors (Lipinski definition) is 1. The molecule has 0 aromatic heterocycles. The number of benzene rings is 2. The molecule has 1 N–H and O–H groups in total. The Kier molecular flexibility index (Phi) is 5.01. The number of carbonyl (C=O) groups excluding carboxylic acids is 1. The van der Waals surface area contributed by atoms with Crippen molar-refractivity contribution in [3.8, 4) is 0 Å². The first-order chi connectivity index (χ1) is 11.9. The van der Waals surface area contributed by atoms with Gasteiger partial charge in [0, 0.05) is 13.1 Å². The summed E-state index contributed by atoms with van der Waals surface area (Å²) in [5.41, 5.74) is 1.40. The van der Waals surface area contributed by atoms with Gasteiger partial charge in [-0.25, -0.2) is 8.42 Å². The predicted molar refractivity (Wildman–Crippen MR) is 98.6 cm³/mol. The van der Waals surface area contributed by atoms with E-state index >= 15 is 0 Å². The normalized spacial score (nSPS) is 14.6. The molecule has 0 bridgehead atoms. The van der Waals surface area contributed by atoms with E-state index in [-0.39, 0.29) is 21.5 Å². The second kappa shape index (κ2) is 7.06. The first-order valence-electron chi connectivity index (χ1n) is 8.06. The predicted octanol–water partition coefficient (Wildman–Crippen LogP) is 3.69. The zero-order chi connectivity index (χ0) is 18.0. The van der Waals surface area contributed by atoms with Crippen molar-refractivity contribution in [3.63, 3.8) is 0 Å². The molecular formula is C18H19ClN2O3S. The van der Waals surface area contributed by atoms with Gasteiger partial charge in [0.05, 0.1) is 16.3 Å². The summed E-state index contributed by atoms with van der Waals surface area (Å²) in [5, 5.41) is 0.134. The zero-order valence-corrected chi connectivity index (χ0v) is 15.4. The minimum Gasteiger partial charge on any atom is -0.339 e. The van der Waals surface area contributed by atoms with Crippen LogP contribution in [0.1, 0.15) is 28.8 Å². The Morgan fingerprint density at radius 1 is 1.08 bits per heavy atom. The van der Waals surface area contributed by atoms with Gasteiger partial charge in [0.2, 0.25) is 0 Å². The van der Waals surface area contributed by atoms with Crippen molar-refractivity contribution < 1.29 is 13.2 Å². The highest BCUT2D eigenvalue weighted by Gasteiger charge is 2.26. The van der Waals surface area contributed by atoms with Crippen LogP contribution in [0.25, 0.3) is 0 Å². The number of nitrogens with one attached hydrogen (secondary N) is 1. The molecule has 1 aliphatic rings. The van der Waals surface area contributed by atoms with E-state index in [4.69, 9.17) is 11.6 Å². The Labute approximate surface area is 152 Å². The van der Waals surface area contributed by atoms with Crippen LogP contribution in [0.3, 0.4) is 0 Å². The Morgan fingerprint density at radius 2 is 1.76 bits per heavy atom. The van der Waals surface area contributed by atoms with Gasteiger partial charge in [0.15, 0.2) is 0 Å². The molecule has 7 heteroatoms. The first-order valence-corrected chi connectivity index (χ1v) is 9.92. The van der Waals surface area contributed by atoms with E-state index in [2.05, 4.69) is 4.72 Å². The number of anilines is 1. The second-order valence-electron chi connectivity index (χ2n) is 6.03. The highest BCUT2D eigenvalue weighted by atomic mass is 35.5. The molecule has 0 atom stereocenters. The van der Waals surface area contributed by atoms with E-state index in [1.165, 1.54) is 12.1 Å². The number of rotatable bonds is 4. The topological polar surface area (TPSA) is 66.5 Å². The molecule has 1 heterocycles. The van der Waals surface area contributed by atoms with E-state index < -0.39 is 10.0 Å². The molecule has 2 aromatic carbocycles. The molecule has 132 valence electrons. The Hall–Kier alpha value is -2.05. The van der Waals surface area contributed by atoms with E-state index in [1.807, 2.05) is 0 Å². The van der Waals surface area contributed by atoms with Crippen molar-refractivity contribution >= 4 is 33.2 Å². The standard InChI is InChI=1S/C18H19ClN2O3S/c1-13-7-6-9-15(17(13)18(22)21-11-4-5-12-21)20-25(23,24)16-10-3-2-8-14(16)19/h2-3,6-10,20H,4-5,11-12H2,1H3. The third-order valence-corrected chi connectivity index (χ3v) is 6.12. The number of likely N-dealkylation sites (tertiary alicyclic amines) is 1. The summed E-state index contributed by atoms with van der Waals surface area (Å²) in [7, 11) is -3.89. The molecule has 25 heavy (non-hydrogen) atoms. The fraction of sp³-hybridized carbons (Fsp3) is 0.278. The minimum absolute atomic E-state index is 0.0160. The summed E-state index contributed by atoms with van der Waals surface area (Å²) < 4.78 is 27.9. The monoisotopic (exact) mass is 378 g/mol. The van der Waals surface area contributed by atoms with Gasteiger partial charge in [-0.15, -0.1) is 0 Å². The maximum absolute atomic E-state index is 12.8. The lowest BCUT2D eigenvalue weighted by atomic mass is 10.1. The molecule has 0 spiro atoms. The van der Waals surface area contributed by atoms with Crippen LogP contribution in [0, 0.1) is 6.92 Å². The van der Waals surface area contributed by atoms with Gasteiger partial charge in [-0.3, -0.25) is 9.52 Å². The van der Waals surface area contributed by atoms with Crippen LogP contribution in [-0.2, 0) is 10.0 Å². The molecule has 0 unspecified atom stereocenters. The fourth-order valence-corrected chi connectivity index (χ4v) is 4.57. The summed E-state index contributed by atoms with van der Waals surface area (Å²) in [5.74, 6) is -0.146. The van der Waals surface area contributed by atoms with Crippen molar-refractivity contribution in [2.75, 3.05) is 17.8 Å². The second-order valence-corrected chi connectivity index (χ2v) is 8.09. The third kappa shape index (κ3) is 3.65. The van der Waals surface area contributed by atoms with Crippen molar-refractivity contribution in [1.29, 1.82) is 0 Å². The Balaban J connectivity index is 1.99. The number of nitrogens with zero attached hydrogens (tertiary/aromatic N) is 1. The third-order valence-electron chi connectivity index (χ3n) is 4.25. The molecule has 3 rings (SSSR count). The number of carbonyl (C=O) groups is 1. The van der Waals surface area contributed by atoms with Crippen LogP contribution in [0.15, 0.2) is 47.4 Å². The van der Waals surface area contributed by atoms with Gasteiger partial charge < -0.3 is 4.90 Å². The summed E-state index contributed by atoms with van der Waals surface area (Å²) >= 11 is 6.02. The maximum Gasteiger partial charge on any atom is 0.263 e. The van der Waals surface area contributed by atoms with Crippen LogP contribution in [-0.4, -0.2) is 32.3 Å².